The normalized spacial score (nSPS) is 11.3. The Labute approximate surface area is 271 Å². The molecule has 0 N–H and O–H groups in total. The molecule has 0 bridgehead atoms. The largest absolute Gasteiger partial charge is 0.309 e. The Kier molecular flexibility index (Phi) is 6.82. The van der Waals surface area contributed by atoms with Crippen LogP contribution in [0.15, 0.2) is 152 Å². The molecule has 0 atom stereocenters. The van der Waals surface area contributed by atoms with Crippen LogP contribution in [0, 0.1) is 0 Å². The second-order valence-electron chi connectivity index (χ2n) is 10.9. The van der Waals surface area contributed by atoms with Gasteiger partial charge in [-0.1, -0.05) is 140 Å². The zero-order valence-corrected chi connectivity index (χ0v) is 25.7. The molecule has 8 rings (SSSR count). The van der Waals surface area contributed by atoms with Crippen LogP contribution in [0.3, 0.4) is 0 Å². The monoisotopic (exact) mass is 611 g/mol. The van der Waals surface area contributed by atoms with E-state index in [1.165, 1.54) is 32.6 Å². The van der Waals surface area contributed by atoms with Gasteiger partial charge in [0.25, 0.3) is 0 Å². The van der Waals surface area contributed by atoms with Crippen LogP contribution in [0.4, 0.5) is 0 Å². The van der Waals surface area contributed by atoms with Crippen LogP contribution in [-0.4, -0.2) is 24.3 Å². The third kappa shape index (κ3) is 4.83. The van der Waals surface area contributed by atoms with Crippen LogP contribution in [0.1, 0.15) is 11.1 Å². The van der Waals surface area contributed by atoms with Gasteiger partial charge in [0.05, 0.1) is 26.5 Å². The molecule has 0 fully saturated rings. The smallest absolute Gasteiger partial charge is 0.159 e. The number of nitrogens with zero attached hydrogens (tertiary/aromatic N) is 3. The standard InChI is InChI=1S/C40H25N3S2/c44-38(39(45)28-20-22-30(23-21-28)43-36-14-5-3-11-33(36)34-12-4-6-15-37(34)43)27-16-18-29(19-17-27)40-41-25-24-35(42-40)32-13-7-9-26-8-1-2-10-31(26)32/h1-25H. The first kappa shape index (κ1) is 27.2. The van der Waals surface area contributed by atoms with Crippen LogP contribution >= 0.6 is 24.4 Å². The van der Waals surface area contributed by atoms with Crippen molar-refractivity contribution in [2.24, 2.45) is 0 Å². The van der Waals surface area contributed by atoms with Crippen LogP contribution in [0.2, 0.25) is 0 Å². The molecule has 0 aliphatic rings. The van der Waals surface area contributed by atoms with E-state index in [-0.39, 0.29) is 0 Å². The average Bonchev–Trinajstić information content (AvgIpc) is 3.45. The summed E-state index contributed by atoms with van der Waals surface area (Å²) in [5, 5.41) is 4.83. The van der Waals surface area contributed by atoms with E-state index in [9.17, 15) is 0 Å². The number of hydrogen-bond donors (Lipinski definition) is 0. The molecule has 8 aromatic rings. The Morgan fingerprint density at radius 1 is 0.511 bits per heavy atom. The first-order chi connectivity index (χ1) is 22.2. The van der Waals surface area contributed by atoms with Gasteiger partial charge in [0.15, 0.2) is 5.82 Å². The summed E-state index contributed by atoms with van der Waals surface area (Å²) < 4.78 is 2.30. The summed E-state index contributed by atoms with van der Waals surface area (Å²) >= 11 is 11.8. The quantitative estimate of drug-likeness (QED) is 0.138. The molecule has 212 valence electrons. The number of hydrogen-bond acceptors (Lipinski definition) is 4. The van der Waals surface area contributed by atoms with Gasteiger partial charge in [-0.15, -0.1) is 0 Å². The van der Waals surface area contributed by atoms with E-state index in [0.717, 1.165) is 33.6 Å². The molecule has 45 heavy (non-hydrogen) atoms. The maximum atomic E-state index is 5.89. The van der Waals surface area contributed by atoms with Crippen molar-refractivity contribution in [1.82, 2.24) is 14.5 Å². The minimum Gasteiger partial charge on any atom is -0.309 e. The summed E-state index contributed by atoms with van der Waals surface area (Å²) in [4.78, 5) is 10.8. The van der Waals surface area contributed by atoms with Crippen molar-refractivity contribution >= 4 is 66.7 Å². The predicted molar refractivity (Wildman–Crippen MR) is 195 cm³/mol. The molecule has 2 heterocycles. The van der Waals surface area contributed by atoms with Gasteiger partial charge in [0.2, 0.25) is 0 Å². The summed E-state index contributed by atoms with van der Waals surface area (Å²) in [6.07, 6.45) is 1.82. The van der Waals surface area contributed by atoms with Crippen molar-refractivity contribution in [1.29, 1.82) is 0 Å². The Bertz CT molecular complexity index is 2350. The van der Waals surface area contributed by atoms with Crippen LogP contribution < -0.4 is 0 Å². The summed E-state index contributed by atoms with van der Waals surface area (Å²) in [5.74, 6) is 0.668. The van der Waals surface area contributed by atoms with E-state index >= 15 is 0 Å². The lowest BCUT2D eigenvalue weighted by atomic mass is 10.0. The number of fused-ring (bicyclic) bond motifs is 4. The predicted octanol–water partition coefficient (Wildman–Crippen LogP) is 10.2. The van der Waals surface area contributed by atoms with Crippen molar-refractivity contribution in [3.05, 3.63) is 163 Å². The molecule has 3 nitrogen and oxygen atoms in total. The molecule has 0 saturated carbocycles. The van der Waals surface area contributed by atoms with E-state index < -0.39 is 0 Å². The number of para-hydroxylation sites is 2. The summed E-state index contributed by atoms with van der Waals surface area (Å²) in [7, 11) is 0. The third-order valence-corrected chi connectivity index (χ3v) is 9.31. The summed E-state index contributed by atoms with van der Waals surface area (Å²) in [6.45, 7) is 0. The number of thiocarbonyl (C=S) groups is 2. The average molecular weight is 612 g/mol. The molecule has 6 aromatic carbocycles. The Morgan fingerprint density at radius 3 is 1.73 bits per heavy atom. The maximum Gasteiger partial charge on any atom is 0.159 e. The van der Waals surface area contributed by atoms with Gasteiger partial charge in [-0.05, 0) is 52.2 Å². The zero-order valence-electron chi connectivity index (χ0n) is 24.1. The van der Waals surface area contributed by atoms with Crippen LogP contribution in [-0.2, 0) is 0 Å². The molecule has 5 heteroatoms. The lowest BCUT2D eigenvalue weighted by Crippen LogP contribution is -2.12. The fourth-order valence-corrected chi connectivity index (χ4v) is 6.60. The zero-order chi connectivity index (χ0) is 30.3. The molecular formula is C40H25N3S2. The number of rotatable bonds is 6. The van der Waals surface area contributed by atoms with Crippen LogP contribution in [0.5, 0.6) is 0 Å². The summed E-state index contributed by atoms with van der Waals surface area (Å²) in [5.41, 5.74) is 8.16. The van der Waals surface area contributed by atoms with Gasteiger partial charge >= 0.3 is 0 Å². The van der Waals surface area contributed by atoms with E-state index in [1.807, 2.05) is 36.5 Å². The summed E-state index contributed by atoms with van der Waals surface area (Å²) in [6, 6.07) is 50.0. The van der Waals surface area contributed by atoms with Gasteiger partial charge in [-0.3, -0.25) is 0 Å². The third-order valence-electron chi connectivity index (χ3n) is 8.30. The van der Waals surface area contributed by atoms with E-state index in [2.05, 4.69) is 125 Å². The first-order valence-electron chi connectivity index (χ1n) is 14.7. The molecule has 0 aliphatic carbocycles. The molecule has 0 radical (unpaired) electrons. The van der Waals surface area contributed by atoms with Gasteiger partial charge in [0.1, 0.15) is 0 Å². The van der Waals surface area contributed by atoms with Gasteiger partial charge in [-0.25, -0.2) is 9.97 Å². The van der Waals surface area contributed by atoms with Gasteiger partial charge in [-0.2, -0.15) is 0 Å². The molecule has 0 unspecified atom stereocenters. The van der Waals surface area contributed by atoms with Crippen molar-refractivity contribution in [3.63, 3.8) is 0 Å². The molecule has 2 aromatic heterocycles. The Morgan fingerprint density at radius 2 is 1.07 bits per heavy atom. The fraction of sp³-hybridized carbons (Fsp3) is 0. The molecule has 0 aliphatic heterocycles. The lowest BCUT2D eigenvalue weighted by molar-refractivity contribution is 1.18. The van der Waals surface area contributed by atoms with Crippen molar-refractivity contribution in [2.45, 2.75) is 0 Å². The fourth-order valence-electron chi connectivity index (χ4n) is 6.09. The second-order valence-corrected chi connectivity index (χ2v) is 11.8. The lowest BCUT2D eigenvalue weighted by Gasteiger charge is -2.11. The van der Waals surface area contributed by atoms with E-state index in [4.69, 9.17) is 29.4 Å². The topological polar surface area (TPSA) is 30.7 Å². The van der Waals surface area contributed by atoms with Crippen molar-refractivity contribution in [2.75, 3.05) is 0 Å². The highest BCUT2D eigenvalue weighted by Gasteiger charge is 2.15. The first-order valence-corrected chi connectivity index (χ1v) is 15.6. The van der Waals surface area contributed by atoms with E-state index in [0.29, 0.717) is 15.6 Å². The van der Waals surface area contributed by atoms with Crippen LogP contribution in [0.25, 0.3) is 60.9 Å². The maximum absolute atomic E-state index is 5.89. The molecule has 0 saturated heterocycles. The molecule has 0 spiro atoms. The Hall–Kier alpha value is -5.36. The molecule has 0 amide bonds. The van der Waals surface area contributed by atoms with Gasteiger partial charge < -0.3 is 4.57 Å². The SMILES string of the molecule is S=C(C(=S)c1ccc(-n2c3ccccc3c3ccccc32)cc1)c1ccc(-c2nccc(-c3cccc4ccccc34)n2)cc1. The highest BCUT2D eigenvalue weighted by Crippen LogP contribution is 2.32. The van der Waals surface area contributed by atoms with Crippen molar-refractivity contribution in [3.8, 4) is 28.3 Å². The second kappa shape index (κ2) is 11.3. The van der Waals surface area contributed by atoms with Crippen molar-refractivity contribution < 1.29 is 0 Å². The van der Waals surface area contributed by atoms with E-state index in [1.54, 1.807) is 0 Å². The molecular weight excluding hydrogens is 587 g/mol. The highest BCUT2D eigenvalue weighted by molar-refractivity contribution is 7.90. The highest BCUT2D eigenvalue weighted by atomic mass is 32.1. The number of benzene rings is 6. The number of aromatic nitrogens is 3. The Balaban J connectivity index is 1.05. The minimum atomic E-state index is 0.645. The minimum absolute atomic E-state index is 0.645. The van der Waals surface area contributed by atoms with Gasteiger partial charge in [0, 0.05) is 33.8 Å².